The molecular weight excluding hydrogens is 383 g/mol. The molecule has 7 heteroatoms. The van der Waals surface area contributed by atoms with Crippen LogP contribution in [-0.2, 0) is 11.3 Å². The lowest BCUT2D eigenvalue weighted by atomic mass is 10.1. The van der Waals surface area contributed by atoms with Gasteiger partial charge < -0.3 is 9.30 Å². The van der Waals surface area contributed by atoms with Crippen LogP contribution in [-0.4, -0.2) is 21.9 Å². The minimum Gasteiger partial charge on any atom is -0.369 e. The van der Waals surface area contributed by atoms with E-state index in [1.807, 2.05) is 0 Å². The quantitative estimate of drug-likeness (QED) is 0.537. The van der Waals surface area contributed by atoms with Gasteiger partial charge in [-0.05, 0) is 35.9 Å². The van der Waals surface area contributed by atoms with Crippen LogP contribution in [0, 0.1) is 0 Å². The number of rotatable bonds is 6. The third-order valence-electron chi connectivity index (χ3n) is 3.56. The predicted molar refractivity (Wildman–Crippen MR) is 99.0 cm³/mol. The Morgan fingerprint density at radius 3 is 2.60 bits per heavy atom. The molecule has 0 saturated carbocycles. The van der Waals surface area contributed by atoms with Crippen molar-refractivity contribution in [3.8, 4) is 5.69 Å². The molecule has 3 aromatic rings. The Balaban J connectivity index is 1.63. The highest BCUT2D eigenvalue weighted by Crippen LogP contribution is 2.23. The molecule has 0 unspecified atom stereocenters. The van der Waals surface area contributed by atoms with Crippen molar-refractivity contribution in [2.75, 3.05) is 6.61 Å². The van der Waals surface area contributed by atoms with Crippen LogP contribution in [0.4, 0.5) is 0 Å². The highest BCUT2D eigenvalue weighted by molar-refractivity contribution is 6.35. The number of Topliss-reactive ketones (excluding diaryl/α,β-unsaturated/α-hetero) is 1. The second kappa shape index (κ2) is 8.02. The Hall–Kier alpha value is -1.85. The van der Waals surface area contributed by atoms with Gasteiger partial charge in [0.1, 0.15) is 6.61 Å². The van der Waals surface area contributed by atoms with Gasteiger partial charge in [0.25, 0.3) is 0 Å². The van der Waals surface area contributed by atoms with E-state index in [1.165, 1.54) is 0 Å². The lowest BCUT2D eigenvalue weighted by Gasteiger charge is -2.09. The fourth-order valence-electron chi connectivity index (χ4n) is 2.27. The number of benzene rings is 2. The molecule has 0 aliphatic heterocycles. The lowest BCUT2D eigenvalue weighted by molar-refractivity contribution is 0.0727. The van der Waals surface area contributed by atoms with E-state index in [2.05, 4.69) is 4.98 Å². The maximum absolute atomic E-state index is 12.3. The van der Waals surface area contributed by atoms with Crippen molar-refractivity contribution in [3.63, 3.8) is 0 Å². The average Bonchev–Trinajstić information content (AvgIpc) is 3.11. The highest BCUT2D eigenvalue weighted by atomic mass is 35.5. The number of hydrogen-bond acceptors (Lipinski definition) is 3. The van der Waals surface area contributed by atoms with Crippen molar-refractivity contribution in [1.82, 2.24) is 9.55 Å². The van der Waals surface area contributed by atoms with Crippen LogP contribution in [0.5, 0.6) is 0 Å². The highest BCUT2D eigenvalue weighted by Gasteiger charge is 2.12. The maximum Gasteiger partial charge on any atom is 0.189 e. The van der Waals surface area contributed by atoms with Crippen molar-refractivity contribution in [3.05, 3.63) is 81.3 Å². The number of hydrogen-bond donors (Lipinski definition) is 0. The fraction of sp³-hybridized carbons (Fsp3) is 0.111. The molecule has 0 amide bonds. The molecule has 0 fully saturated rings. The van der Waals surface area contributed by atoms with E-state index in [0.29, 0.717) is 20.6 Å². The van der Waals surface area contributed by atoms with Crippen molar-refractivity contribution in [2.45, 2.75) is 6.61 Å². The largest absolute Gasteiger partial charge is 0.369 e. The van der Waals surface area contributed by atoms with Gasteiger partial charge in [0.15, 0.2) is 5.78 Å². The number of carbonyl (C=O) groups excluding carboxylic acids is 1. The van der Waals surface area contributed by atoms with E-state index in [9.17, 15) is 4.79 Å². The second-order valence-corrected chi connectivity index (χ2v) is 6.54. The Labute approximate surface area is 159 Å². The molecule has 0 aliphatic carbocycles. The Morgan fingerprint density at radius 2 is 1.92 bits per heavy atom. The number of ketones is 1. The molecule has 1 heterocycles. The van der Waals surface area contributed by atoms with E-state index in [-0.39, 0.29) is 19.0 Å². The third-order valence-corrected chi connectivity index (χ3v) is 4.46. The van der Waals surface area contributed by atoms with Gasteiger partial charge in [0.05, 0.1) is 18.0 Å². The molecule has 0 radical (unpaired) electrons. The zero-order valence-electron chi connectivity index (χ0n) is 13.0. The summed E-state index contributed by atoms with van der Waals surface area (Å²) in [7, 11) is 0. The monoisotopic (exact) mass is 394 g/mol. The number of carbonyl (C=O) groups is 1. The second-order valence-electron chi connectivity index (χ2n) is 5.29. The Kier molecular flexibility index (Phi) is 5.76. The number of aromatic nitrogens is 2. The van der Waals surface area contributed by atoms with Crippen LogP contribution < -0.4 is 0 Å². The number of imidazole rings is 1. The van der Waals surface area contributed by atoms with Crippen LogP contribution in [0.15, 0.2) is 55.1 Å². The third kappa shape index (κ3) is 4.41. The summed E-state index contributed by atoms with van der Waals surface area (Å²) >= 11 is 18.2. The van der Waals surface area contributed by atoms with Crippen LogP contribution >= 0.6 is 34.8 Å². The van der Waals surface area contributed by atoms with E-state index < -0.39 is 0 Å². The van der Waals surface area contributed by atoms with Gasteiger partial charge in [0, 0.05) is 33.7 Å². The first-order chi connectivity index (χ1) is 12.0. The first-order valence-corrected chi connectivity index (χ1v) is 8.51. The molecule has 3 rings (SSSR count). The predicted octanol–water partition coefficient (Wildman–Crippen LogP) is 5.23. The average molecular weight is 396 g/mol. The van der Waals surface area contributed by atoms with E-state index in [4.69, 9.17) is 39.5 Å². The van der Waals surface area contributed by atoms with Crippen molar-refractivity contribution in [2.24, 2.45) is 0 Å². The molecule has 0 spiro atoms. The van der Waals surface area contributed by atoms with Gasteiger partial charge in [-0.15, -0.1) is 0 Å². The van der Waals surface area contributed by atoms with E-state index in [0.717, 1.165) is 11.3 Å². The summed E-state index contributed by atoms with van der Waals surface area (Å²) in [5.74, 6) is -0.202. The molecule has 1 aromatic heterocycles. The van der Waals surface area contributed by atoms with Gasteiger partial charge in [-0.25, -0.2) is 4.98 Å². The van der Waals surface area contributed by atoms with Crippen molar-refractivity contribution in [1.29, 1.82) is 0 Å². The van der Waals surface area contributed by atoms with E-state index in [1.54, 1.807) is 59.7 Å². The van der Waals surface area contributed by atoms with Gasteiger partial charge in [-0.2, -0.15) is 0 Å². The first-order valence-electron chi connectivity index (χ1n) is 7.37. The van der Waals surface area contributed by atoms with Gasteiger partial charge in [-0.3, -0.25) is 4.79 Å². The Bertz CT molecular complexity index is 895. The summed E-state index contributed by atoms with van der Waals surface area (Å²) < 4.78 is 7.27. The first kappa shape index (κ1) is 18.0. The molecule has 25 heavy (non-hydrogen) atoms. The molecule has 0 aliphatic rings. The molecule has 4 nitrogen and oxygen atoms in total. The summed E-state index contributed by atoms with van der Waals surface area (Å²) in [6, 6.07) is 10.3. The summed E-state index contributed by atoms with van der Waals surface area (Å²) in [5.41, 5.74) is 2.00. The number of nitrogens with zero attached hydrogens (tertiary/aromatic N) is 2. The van der Waals surface area contributed by atoms with Crippen molar-refractivity contribution < 1.29 is 9.53 Å². The zero-order valence-corrected chi connectivity index (χ0v) is 15.2. The summed E-state index contributed by atoms with van der Waals surface area (Å²) in [5, 5.41) is 1.42. The molecular formula is C18H13Cl3N2O2. The zero-order chi connectivity index (χ0) is 17.8. The van der Waals surface area contributed by atoms with Crippen LogP contribution in [0.1, 0.15) is 15.9 Å². The molecule has 0 saturated heterocycles. The SMILES string of the molecule is O=C(COCc1ccc(Cl)cc1Cl)c1ccc(-n2ccnc2)cc1Cl. The molecule has 128 valence electrons. The smallest absolute Gasteiger partial charge is 0.189 e. The molecule has 0 bridgehead atoms. The van der Waals surface area contributed by atoms with Crippen molar-refractivity contribution >= 4 is 40.6 Å². The number of ether oxygens (including phenoxy) is 1. The Morgan fingerprint density at radius 1 is 1.08 bits per heavy atom. The van der Waals surface area contributed by atoms with Crippen LogP contribution in [0.3, 0.4) is 0 Å². The minimum absolute atomic E-state index is 0.0941. The standard InChI is InChI=1S/C18H13Cl3N2O2/c19-13-2-1-12(16(20)7-13)9-25-10-18(24)15-4-3-14(8-17(15)21)23-6-5-22-11-23/h1-8,11H,9-10H2. The topological polar surface area (TPSA) is 44.1 Å². The summed E-state index contributed by atoms with van der Waals surface area (Å²) in [4.78, 5) is 16.3. The maximum atomic E-state index is 12.3. The summed E-state index contributed by atoms with van der Waals surface area (Å²) in [6.45, 7) is 0.121. The molecule has 0 N–H and O–H groups in total. The molecule has 2 aromatic carbocycles. The number of halogens is 3. The van der Waals surface area contributed by atoms with Gasteiger partial charge in [-0.1, -0.05) is 40.9 Å². The minimum atomic E-state index is -0.202. The summed E-state index contributed by atoms with van der Waals surface area (Å²) in [6.07, 6.45) is 5.13. The fourth-order valence-corrected chi connectivity index (χ4v) is 3.02. The van der Waals surface area contributed by atoms with Gasteiger partial charge >= 0.3 is 0 Å². The van der Waals surface area contributed by atoms with Crippen LogP contribution in [0.25, 0.3) is 5.69 Å². The lowest BCUT2D eigenvalue weighted by Crippen LogP contribution is -2.10. The molecule has 0 atom stereocenters. The van der Waals surface area contributed by atoms with Crippen LogP contribution in [0.2, 0.25) is 15.1 Å². The normalized spacial score (nSPS) is 10.8. The van der Waals surface area contributed by atoms with E-state index >= 15 is 0 Å². The van der Waals surface area contributed by atoms with Gasteiger partial charge in [0.2, 0.25) is 0 Å².